The van der Waals surface area contributed by atoms with Crippen LogP contribution in [0.15, 0.2) is 46.4 Å². The van der Waals surface area contributed by atoms with Gasteiger partial charge in [-0.25, -0.2) is 9.78 Å². The summed E-state index contributed by atoms with van der Waals surface area (Å²) in [5.41, 5.74) is 3.55. The van der Waals surface area contributed by atoms with Crippen molar-refractivity contribution in [3.63, 3.8) is 0 Å². The second-order valence-electron chi connectivity index (χ2n) is 5.40. The number of rotatable bonds is 3. The summed E-state index contributed by atoms with van der Waals surface area (Å²) >= 11 is 0. The molecule has 1 atom stereocenters. The fourth-order valence-corrected chi connectivity index (χ4v) is 2.58. The summed E-state index contributed by atoms with van der Waals surface area (Å²) in [6, 6.07) is 9.33. The molecule has 0 saturated carbocycles. The van der Waals surface area contributed by atoms with Gasteiger partial charge in [-0.3, -0.25) is 14.8 Å². The van der Waals surface area contributed by atoms with Crippen LogP contribution in [0.25, 0.3) is 0 Å². The molecule has 0 radical (unpaired) electrons. The molecule has 0 bridgehead atoms. The van der Waals surface area contributed by atoms with Crippen molar-refractivity contribution in [3.05, 3.63) is 58.3 Å². The lowest BCUT2D eigenvalue weighted by atomic mass is 10.0. The maximum Gasteiger partial charge on any atom is 0.342 e. The standard InChI is InChI=1S/C16H16N4O3/c1-10-7-8-13(19-18-11-5-3-2-4-6-11)14-17-9-12(16(22)23)15(21)20(10)14/h2-6,9-10,18H,7-8H2,1H3,(H,22,23)/b19-13+/t10-/m1/s1. The molecule has 118 valence electrons. The minimum atomic E-state index is -1.27. The second kappa shape index (κ2) is 6.04. The van der Waals surface area contributed by atoms with Crippen LogP contribution in [0.3, 0.4) is 0 Å². The van der Waals surface area contributed by atoms with Crippen LogP contribution in [0.1, 0.15) is 42.0 Å². The highest BCUT2D eigenvalue weighted by atomic mass is 16.4. The third-order valence-corrected chi connectivity index (χ3v) is 3.82. The summed E-state index contributed by atoms with van der Waals surface area (Å²) in [7, 11) is 0. The number of aromatic carboxylic acids is 1. The number of fused-ring (bicyclic) bond motifs is 1. The van der Waals surface area contributed by atoms with Gasteiger partial charge in [-0.2, -0.15) is 5.10 Å². The Morgan fingerprint density at radius 2 is 2.13 bits per heavy atom. The highest BCUT2D eigenvalue weighted by Gasteiger charge is 2.26. The third kappa shape index (κ3) is 2.85. The number of aromatic nitrogens is 2. The van der Waals surface area contributed by atoms with Crippen LogP contribution in [0.4, 0.5) is 5.69 Å². The van der Waals surface area contributed by atoms with Crippen LogP contribution < -0.4 is 11.0 Å². The molecule has 0 unspecified atom stereocenters. The first kappa shape index (κ1) is 15.0. The SMILES string of the molecule is C[C@@H]1CC/C(=N\Nc2ccccc2)c2ncc(C(=O)O)c(=O)n21. The topological polar surface area (TPSA) is 96.6 Å². The molecule has 1 aliphatic heterocycles. The van der Waals surface area contributed by atoms with Crippen LogP contribution in [0, 0.1) is 0 Å². The van der Waals surface area contributed by atoms with E-state index < -0.39 is 11.5 Å². The van der Waals surface area contributed by atoms with Gasteiger partial charge in [0.25, 0.3) is 5.56 Å². The first-order chi connectivity index (χ1) is 11.1. The van der Waals surface area contributed by atoms with E-state index in [9.17, 15) is 9.59 Å². The predicted molar refractivity (Wildman–Crippen MR) is 86.0 cm³/mol. The van der Waals surface area contributed by atoms with E-state index in [1.807, 2.05) is 37.3 Å². The number of carboxylic acids is 1. The van der Waals surface area contributed by atoms with Crippen molar-refractivity contribution in [3.8, 4) is 0 Å². The zero-order valence-electron chi connectivity index (χ0n) is 12.6. The lowest BCUT2D eigenvalue weighted by Crippen LogP contribution is -2.37. The van der Waals surface area contributed by atoms with Gasteiger partial charge in [0.2, 0.25) is 0 Å². The van der Waals surface area contributed by atoms with Gasteiger partial charge in [0.05, 0.1) is 5.69 Å². The Bertz CT molecular complexity index is 827. The van der Waals surface area contributed by atoms with E-state index in [2.05, 4.69) is 15.5 Å². The van der Waals surface area contributed by atoms with E-state index in [1.165, 1.54) is 4.57 Å². The van der Waals surface area contributed by atoms with Crippen LogP contribution in [0.2, 0.25) is 0 Å². The van der Waals surface area contributed by atoms with Crippen molar-refractivity contribution in [1.82, 2.24) is 9.55 Å². The van der Waals surface area contributed by atoms with Crippen molar-refractivity contribution in [2.45, 2.75) is 25.8 Å². The molecular formula is C16H16N4O3. The predicted octanol–water partition coefficient (Wildman–Crippen LogP) is 2.11. The minimum Gasteiger partial charge on any atom is -0.477 e. The van der Waals surface area contributed by atoms with Crippen molar-refractivity contribution in [2.24, 2.45) is 5.10 Å². The number of hydrazone groups is 1. The number of carbonyl (C=O) groups is 1. The molecule has 2 N–H and O–H groups in total. The number of benzene rings is 1. The van der Waals surface area contributed by atoms with Gasteiger partial charge in [-0.15, -0.1) is 0 Å². The molecule has 1 aromatic carbocycles. The molecule has 2 aromatic rings. The fraction of sp³-hybridized carbons (Fsp3) is 0.250. The van der Waals surface area contributed by atoms with E-state index in [-0.39, 0.29) is 11.6 Å². The number of para-hydroxylation sites is 1. The van der Waals surface area contributed by atoms with Gasteiger partial charge < -0.3 is 5.11 Å². The molecule has 0 saturated heterocycles. The lowest BCUT2D eigenvalue weighted by Gasteiger charge is -2.25. The molecule has 1 aliphatic rings. The Balaban J connectivity index is 2.01. The van der Waals surface area contributed by atoms with Crippen molar-refractivity contribution in [1.29, 1.82) is 0 Å². The number of hydrogen-bond donors (Lipinski definition) is 2. The van der Waals surface area contributed by atoms with Gasteiger partial charge in [0, 0.05) is 12.2 Å². The molecule has 0 amide bonds. The number of nitrogens with one attached hydrogen (secondary N) is 1. The first-order valence-electron chi connectivity index (χ1n) is 7.30. The van der Waals surface area contributed by atoms with Gasteiger partial charge in [-0.1, -0.05) is 18.2 Å². The number of anilines is 1. The van der Waals surface area contributed by atoms with Crippen molar-refractivity contribution in [2.75, 3.05) is 5.43 Å². The van der Waals surface area contributed by atoms with E-state index >= 15 is 0 Å². The second-order valence-corrected chi connectivity index (χ2v) is 5.40. The zero-order valence-corrected chi connectivity index (χ0v) is 12.6. The third-order valence-electron chi connectivity index (χ3n) is 3.82. The molecule has 2 heterocycles. The molecule has 3 rings (SSSR count). The average Bonchev–Trinajstić information content (AvgIpc) is 2.55. The largest absolute Gasteiger partial charge is 0.477 e. The van der Waals surface area contributed by atoms with Crippen molar-refractivity contribution >= 4 is 17.4 Å². The molecule has 0 fully saturated rings. The van der Waals surface area contributed by atoms with Gasteiger partial charge in [-0.05, 0) is 31.9 Å². The maximum absolute atomic E-state index is 12.4. The van der Waals surface area contributed by atoms with Crippen LogP contribution in [-0.2, 0) is 0 Å². The van der Waals surface area contributed by atoms with Crippen LogP contribution in [0.5, 0.6) is 0 Å². The Morgan fingerprint density at radius 3 is 2.83 bits per heavy atom. The highest BCUT2D eigenvalue weighted by Crippen LogP contribution is 2.22. The smallest absolute Gasteiger partial charge is 0.342 e. The number of nitrogens with zero attached hydrogens (tertiary/aromatic N) is 3. The Hall–Kier alpha value is -2.96. The number of hydrogen-bond acceptors (Lipinski definition) is 5. The summed E-state index contributed by atoms with van der Waals surface area (Å²) in [5.74, 6) is -0.848. The molecule has 7 nitrogen and oxygen atoms in total. The normalized spacial score (nSPS) is 18.5. The lowest BCUT2D eigenvalue weighted by molar-refractivity contribution is 0.0693. The first-order valence-corrected chi connectivity index (χ1v) is 7.30. The van der Waals surface area contributed by atoms with Crippen LogP contribution >= 0.6 is 0 Å². The van der Waals surface area contributed by atoms with Crippen LogP contribution in [-0.4, -0.2) is 26.3 Å². The summed E-state index contributed by atoms with van der Waals surface area (Å²) in [5, 5.41) is 13.4. The van der Waals surface area contributed by atoms with E-state index in [1.54, 1.807) is 0 Å². The quantitative estimate of drug-likeness (QED) is 0.846. The molecule has 0 spiro atoms. The molecule has 1 aromatic heterocycles. The maximum atomic E-state index is 12.4. The summed E-state index contributed by atoms with van der Waals surface area (Å²) in [6.45, 7) is 1.87. The van der Waals surface area contributed by atoms with Gasteiger partial charge in [0.1, 0.15) is 11.3 Å². The van der Waals surface area contributed by atoms with E-state index in [4.69, 9.17) is 5.11 Å². The molecular weight excluding hydrogens is 296 g/mol. The average molecular weight is 312 g/mol. The Kier molecular flexibility index (Phi) is 3.92. The Morgan fingerprint density at radius 1 is 1.39 bits per heavy atom. The minimum absolute atomic E-state index is 0.111. The fourth-order valence-electron chi connectivity index (χ4n) is 2.58. The van der Waals surface area contributed by atoms with Gasteiger partial charge in [0.15, 0.2) is 5.82 Å². The van der Waals surface area contributed by atoms with Crippen molar-refractivity contribution < 1.29 is 9.90 Å². The van der Waals surface area contributed by atoms with E-state index in [0.29, 0.717) is 24.4 Å². The molecule has 23 heavy (non-hydrogen) atoms. The summed E-state index contributed by atoms with van der Waals surface area (Å²) < 4.78 is 1.42. The Labute approximate surface area is 132 Å². The van der Waals surface area contributed by atoms with Gasteiger partial charge >= 0.3 is 5.97 Å². The molecule has 7 heteroatoms. The summed E-state index contributed by atoms with van der Waals surface area (Å²) in [4.78, 5) is 27.6. The molecule has 0 aliphatic carbocycles. The monoisotopic (exact) mass is 312 g/mol. The zero-order chi connectivity index (χ0) is 16.4. The summed E-state index contributed by atoms with van der Waals surface area (Å²) in [6.07, 6.45) is 2.47. The van der Waals surface area contributed by atoms with E-state index in [0.717, 1.165) is 11.9 Å². The number of carboxylic acid groups (broad SMARTS) is 1. The highest BCUT2D eigenvalue weighted by molar-refractivity contribution is 5.99.